The number of likely N-dealkylation sites (tertiary alicyclic amines) is 1. The average molecular weight is 477 g/mol. The van der Waals surface area contributed by atoms with Crippen LogP contribution < -0.4 is 14.8 Å². The lowest BCUT2D eigenvalue weighted by Gasteiger charge is -2.33. The number of anilines is 1. The molecule has 1 fully saturated rings. The molecule has 0 aliphatic carbocycles. The van der Waals surface area contributed by atoms with Gasteiger partial charge in [-0.15, -0.1) is 10.2 Å². The molecule has 1 aliphatic heterocycles. The number of hydrogen-bond acceptors (Lipinski definition) is 6. The summed E-state index contributed by atoms with van der Waals surface area (Å²) < 4.78 is 24.0. The van der Waals surface area contributed by atoms with E-state index in [-0.39, 0.29) is 11.1 Å². The molecule has 8 nitrogen and oxygen atoms in total. The van der Waals surface area contributed by atoms with Crippen molar-refractivity contribution in [1.29, 1.82) is 0 Å². The number of tetrazole rings is 1. The van der Waals surface area contributed by atoms with E-state index >= 15 is 0 Å². The Labute approximate surface area is 195 Å². The van der Waals surface area contributed by atoms with Crippen LogP contribution in [0.25, 0.3) is 11.4 Å². The Morgan fingerprint density at radius 2 is 1.88 bits per heavy atom. The summed E-state index contributed by atoms with van der Waals surface area (Å²) in [5, 5.41) is 16.8. The van der Waals surface area contributed by atoms with Crippen LogP contribution in [0.4, 0.5) is 10.1 Å². The van der Waals surface area contributed by atoms with Crippen LogP contribution in [0.15, 0.2) is 36.4 Å². The summed E-state index contributed by atoms with van der Waals surface area (Å²) in [5.74, 6) is 1.32. The first-order valence-corrected chi connectivity index (χ1v) is 10.8. The van der Waals surface area contributed by atoms with Crippen molar-refractivity contribution < 1.29 is 13.9 Å². The van der Waals surface area contributed by atoms with E-state index in [1.54, 1.807) is 25.1 Å². The van der Waals surface area contributed by atoms with E-state index in [2.05, 4.69) is 25.6 Å². The Balaban J connectivity index is 1.37. The first-order chi connectivity index (χ1) is 15.5. The zero-order valence-electron chi connectivity index (χ0n) is 17.6. The summed E-state index contributed by atoms with van der Waals surface area (Å²) in [5.41, 5.74) is 1.45. The Bertz CT molecular complexity index is 1120. The standard InChI is InChI=1S/C21H22ClFN6O2S/c1-30-18-6-3-13(11-19(18)31-2)20-25-27-29(26-20)15-7-9-28(10-8-15)21(32)24-14-4-5-17(23)16(22)12-14/h3-6,11-12,15H,7-10H2,1-2H3,(H,24,32). The number of nitrogens with one attached hydrogen (secondary N) is 1. The highest BCUT2D eigenvalue weighted by molar-refractivity contribution is 7.80. The Morgan fingerprint density at radius 3 is 2.56 bits per heavy atom. The van der Waals surface area contributed by atoms with Gasteiger partial charge < -0.3 is 19.7 Å². The number of nitrogens with zero attached hydrogens (tertiary/aromatic N) is 5. The van der Waals surface area contributed by atoms with Crippen molar-refractivity contribution in [3.63, 3.8) is 0 Å². The second-order valence-corrected chi connectivity index (χ2v) is 8.07. The van der Waals surface area contributed by atoms with Crippen molar-refractivity contribution in [2.45, 2.75) is 18.9 Å². The smallest absolute Gasteiger partial charge is 0.205 e. The van der Waals surface area contributed by atoms with Crippen molar-refractivity contribution in [2.75, 3.05) is 32.6 Å². The summed E-state index contributed by atoms with van der Waals surface area (Å²) in [7, 11) is 3.18. The molecule has 0 atom stereocenters. The van der Waals surface area contributed by atoms with Gasteiger partial charge in [0.1, 0.15) is 5.82 Å². The van der Waals surface area contributed by atoms with Crippen molar-refractivity contribution in [3.8, 4) is 22.9 Å². The van der Waals surface area contributed by atoms with Crippen molar-refractivity contribution in [3.05, 3.63) is 47.2 Å². The van der Waals surface area contributed by atoms with Gasteiger partial charge in [-0.05, 0) is 66.7 Å². The maximum atomic E-state index is 13.3. The fourth-order valence-corrected chi connectivity index (χ4v) is 4.03. The number of halogens is 2. The fraction of sp³-hybridized carbons (Fsp3) is 0.333. The van der Waals surface area contributed by atoms with Crippen LogP contribution in [0.2, 0.25) is 5.02 Å². The minimum absolute atomic E-state index is 0.0547. The molecular formula is C21H22ClFN6O2S. The SMILES string of the molecule is COc1ccc(-c2nnn(C3CCN(C(=S)Nc4ccc(F)c(Cl)c4)CC3)n2)cc1OC. The van der Waals surface area contributed by atoms with Gasteiger partial charge in [0.05, 0.1) is 25.3 Å². The molecule has 0 bridgehead atoms. The van der Waals surface area contributed by atoms with Gasteiger partial charge in [-0.25, -0.2) is 4.39 Å². The molecule has 0 amide bonds. The lowest BCUT2D eigenvalue weighted by atomic mass is 10.1. The van der Waals surface area contributed by atoms with E-state index in [1.807, 2.05) is 18.2 Å². The van der Waals surface area contributed by atoms with E-state index in [0.717, 1.165) is 31.5 Å². The predicted molar refractivity (Wildman–Crippen MR) is 124 cm³/mol. The first kappa shape index (κ1) is 22.2. The number of rotatable bonds is 5. The molecule has 1 aromatic heterocycles. The molecule has 168 valence electrons. The molecule has 0 spiro atoms. The van der Waals surface area contributed by atoms with Crippen molar-refractivity contribution >= 4 is 34.6 Å². The third-order valence-electron chi connectivity index (χ3n) is 5.32. The molecule has 3 aromatic rings. The number of piperidine rings is 1. The van der Waals surface area contributed by atoms with E-state index in [9.17, 15) is 4.39 Å². The van der Waals surface area contributed by atoms with Gasteiger partial charge in [0, 0.05) is 24.3 Å². The Hall–Kier alpha value is -2.98. The Morgan fingerprint density at radius 1 is 1.12 bits per heavy atom. The average Bonchev–Trinajstić information content (AvgIpc) is 3.31. The zero-order chi connectivity index (χ0) is 22.7. The summed E-state index contributed by atoms with van der Waals surface area (Å²) >= 11 is 11.3. The number of thiocarbonyl (C=S) groups is 1. The van der Waals surface area contributed by atoms with Crippen LogP contribution in [0, 0.1) is 5.82 Å². The maximum Gasteiger partial charge on any atom is 0.205 e. The van der Waals surface area contributed by atoms with E-state index < -0.39 is 5.82 Å². The lowest BCUT2D eigenvalue weighted by molar-refractivity contribution is 0.238. The first-order valence-electron chi connectivity index (χ1n) is 10.0. The highest BCUT2D eigenvalue weighted by Gasteiger charge is 2.24. The largest absolute Gasteiger partial charge is 0.493 e. The molecule has 0 radical (unpaired) electrons. The second-order valence-electron chi connectivity index (χ2n) is 7.28. The van der Waals surface area contributed by atoms with Gasteiger partial charge in [-0.1, -0.05) is 11.6 Å². The Kier molecular flexibility index (Phi) is 6.71. The molecule has 2 aromatic carbocycles. The van der Waals surface area contributed by atoms with Crippen molar-refractivity contribution in [2.24, 2.45) is 0 Å². The lowest BCUT2D eigenvalue weighted by Crippen LogP contribution is -2.41. The highest BCUT2D eigenvalue weighted by atomic mass is 35.5. The molecule has 1 N–H and O–H groups in total. The molecule has 1 saturated heterocycles. The van der Waals surface area contributed by atoms with Gasteiger partial charge in [0.2, 0.25) is 5.82 Å². The normalized spacial score (nSPS) is 14.3. The molecule has 4 rings (SSSR count). The van der Waals surface area contributed by atoms with E-state index in [4.69, 9.17) is 33.3 Å². The molecule has 2 heterocycles. The second kappa shape index (κ2) is 9.66. The minimum Gasteiger partial charge on any atom is -0.493 e. The van der Waals surface area contributed by atoms with Gasteiger partial charge in [-0.2, -0.15) is 4.80 Å². The van der Waals surface area contributed by atoms with Crippen LogP contribution >= 0.6 is 23.8 Å². The van der Waals surface area contributed by atoms with Crippen LogP contribution in [0.1, 0.15) is 18.9 Å². The number of ether oxygens (including phenoxy) is 2. The van der Waals surface area contributed by atoms with Gasteiger partial charge in [-0.3, -0.25) is 0 Å². The topological polar surface area (TPSA) is 77.3 Å². The zero-order valence-corrected chi connectivity index (χ0v) is 19.2. The number of benzene rings is 2. The number of aromatic nitrogens is 4. The van der Waals surface area contributed by atoms with Gasteiger partial charge in [0.25, 0.3) is 0 Å². The maximum absolute atomic E-state index is 13.3. The molecule has 0 saturated carbocycles. The minimum atomic E-state index is -0.461. The fourth-order valence-electron chi connectivity index (χ4n) is 3.55. The predicted octanol–water partition coefficient (Wildman–Crippen LogP) is 4.18. The molecular weight excluding hydrogens is 455 g/mol. The molecule has 32 heavy (non-hydrogen) atoms. The van der Waals surface area contributed by atoms with Crippen molar-refractivity contribution in [1.82, 2.24) is 25.1 Å². The third-order valence-corrected chi connectivity index (χ3v) is 5.97. The monoisotopic (exact) mass is 476 g/mol. The number of hydrogen-bond donors (Lipinski definition) is 1. The highest BCUT2D eigenvalue weighted by Crippen LogP contribution is 2.31. The van der Waals surface area contributed by atoms with E-state index in [1.165, 1.54) is 12.1 Å². The quantitative estimate of drug-likeness (QED) is 0.549. The summed E-state index contributed by atoms with van der Waals surface area (Å²) in [4.78, 5) is 3.73. The molecule has 1 aliphatic rings. The van der Waals surface area contributed by atoms with Gasteiger partial charge >= 0.3 is 0 Å². The van der Waals surface area contributed by atoms with Gasteiger partial charge in [0.15, 0.2) is 16.6 Å². The molecule has 0 unspecified atom stereocenters. The molecule has 11 heteroatoms. The van der Waals surface area contributed by atoms with Crippen LogP contribution in [-0.4, -0.2) is 57.5 Å². The summed E-state index contributed by atoms with van der Waals surface area (Å²) in [6, 6.07) is 10.1. The van der Waals surface area contributed by atoms with E-state index in [0.29, 0.717) is 28.1 Å². The van der Waals surface area contributed by atoms with Crippen LogP contribution in [0.5, 0.6) is 11.5 Å². The van der Waals surface area contributed by atoms with Crippen LogP contribution in [0.3, 0.4) is 0 Å². The summed E-state index contributed by atoms with van der Waals surface area (Å²) in [6.45, 7) is 1.47. The summed E-state index contributed by atoms with van der Waals surface area (Å²) in [6.07, 6.45) is 1.63. The number of methoxy groups -OCH3 is 2. The van der Waals surface area contributed by atoms with Crippen LogP contribution in [-0.2, 0) is 0 Å². The third kappa shape index (κ3) is 4.76.